The second-order valence-electron chi connectivity index (χ2n) is 6.04. The molecule has 2 heterocycles. The summed E-state index contributed by atoms with van der Waals surface area (Å²) in [4.78, 5) is 21.4. The van der Waals surface area contributed by atoms with Gasteiger partial charge in [0.1, 0.15) is 16.3 Å². The molecule has 7 heteroatoms. The van der Waals surface area contributed by atoms with Crippen molar-refractivity contribution in [1.29, 1.82) is 0 Å². The summed E-state index contributed by atoms with van der Waals surface area (Å²) in [6.45, 7) is 9.54. The number of nitrogens with one attached hydrogen (secondary N) is 1. The number of rotatable bonds is 2. The van der Waals surface area contributed by atoms with E-state index in [0.717, 1.165) is 24.2 Å². The number of carbonyl (C=O) groups is 1. The van der Waals surface area contributed by atoms with E-state index in [1.54, 1.807) is 4.90 Å². The number of ether oxygens (including phenoxy) is 1. The van der Waals surface area contributed by atoms with Crippen molar-refractivity contribution in [3.05, 3.63) is 10.7 Å². The Morgan fingerprint density at radius 2 is 2.10 bits per heavy atom. The molecule has 0 spiro atoms. The van der Waals surface area contributed by atoms with Gasteiger partial charge in [0.05, 0.1) is 0 Å². The van der Waals surface area contributed by atoms with Gasteiger partial charge in [-0.15, -0.1) is 0 Å². The number of hydroxylamine groups is 1. The van der Waals surface area contributed by atoms with Gasteiger partial charge in [-0.05, 0) is 42.8 Å². The number of halogens is 1. The van der Waals surface area contributed by atoms with Crippen LogP contribution >= 0.6 is 15.9 Å². The topological polar surface area (TPSA) is 54.0 Å². The van der Waals surface area contributed by atoms with Gasteiger partial charge in [-0.2, -0.15) is 0 Å². The van der Waals surface area contributed by atoms with E-state index in [1.165, 1.54) is 0 Å². The van der Waals surface area contributed by atoms with Gasteiger partial charge in [-0.25, -0.2) is 4.79 Å². The van der Waals surface area contributed by atoms with Crippen molar-refractivity contribution in [2.75, 3.05) is 32.7 Å². The lowest BCUT2D eigenvalue weighted by Gasteiger charge is -2.36. The number of carbonyl (C=O) groups excluding carboxylic acids is 1. The van der Waals surface area contributed by atoms with Gasteiger partial charge in [-0.3, -0.25) is 15.2 Å². The minimum atomic E-state index is -0.436. The Morgan fingerprint density at radius 3 is 2.60 bits per heavy atom. The summed E-state index contributed by atoms with van der Waals surface area (Å²) in [7, 11) is 0. The molecule has 2 aliphatic heterocycles. The Labute approximate surface area is 128 Å². The third-order valence-electron chi connectivity index (χ3n) is 3.10. The van der Waals surface area contributed by atoms with Crippen molar-refractivity contribution < 1.29 is 14.4 Å². The van der Waals surface area contributed by atoms with Gasteiger partial charge >= 0.3 is 6.09 Å². The van der Waals surface area contributed by atoms with Gasteiger partial charge in [0.25, 0.3) is 0 Å². The molecule has 1 fully saturated rings. The number of hydrogen-bond donors (Lipinski definition) is 1. The SMILES string of the molecule is CC(C)(C)OC(=O)N1CCN(CC2C=C(Br)NO2)CC1. The maximum Gasteiger partial charge on any atom is 0.410 e. The molecule has 2 rings (SSSR count). The molecule has 1 unspecified atom stereocenters. The summed E-state index contributed by atoms with van der Waals surface area (Å²) < 4.78 is 6.25. The van der Waals surface area contributed by atoms with Crippen molar-refractivity contribution in [2.45, 2.75) is 32.5 Å². The Morgan fingerprint density at radius 1 is 1.45 bits per heavy atom. The second kappa shape index (κ2) is 6.32. The zero-order valence-corrected chi connectivity index (χ0v) is 13.8. The Balaban J connectivity index is 1.74. The molecule has 0 saturated carbocycles. The van der Waals surface area contributed by atoms with Crippen molar-refractivity contribution in [2.24, 2.45) is 0 Å². The van der Waals surface area contributed by atoms with E-state index < -0.39 is 5.60 Å². The lowest BCUT2D eigenvalue weighted by Crippen LogP contribution is -2.51. The number of nitrogens with zero attached hydrogens (tertiary/aromatic N) is 2. The second-order valence-corrected chi connectivity index (χ2v) is 6.90. The van der Waals surface area contributed by atoms with E-state index in [4.69, 9.17) is 9.57 Å². The smallest absolute Gasteiger partial charge is 0.410 e. The molecule has 6 nitrogen and oxygen atoms in total. The van der Waals surface area contributed by atoms with Gasteiger partial charge in [0.2, 0.25) is 0 Å². The van der Waals surface area contributed by atoms with Gasteiger partial charge < -0.3 is 9.64 Å². The van der Waals surface area contributed by atoms with Crippen LogP contribution in [-0.2, 0) is 9.57 Å². The third-order valence-corrected chi connectivity index (χ3v) is 3.53. The average molecular weight is 348 g/mol. The van der Waals surface area contributed by atoms with Crippen molar-refractivity contribution in [1.82, 2.24) is 15.3 Å². The lowest BCUT2D eigenvalue weighted by molar-refractivity contribution is -0.000919. The summed E-state index contributed by atoms with van der Waals surface area (Å²) >= 11 is 3.34. The number of hydrogen-bond acceptors (Lipinski definition) is 5. The Hall–Kier alpha value is -0.790. The average Bonchev–Trinajstić information content (AvgIpc) is 2.73. The van der Waals surface area contributed by atoms with Gasteiger partial charge in [-0.1, -0.05) is 0 Å². The summed E-state index contributed by atoms with van der Waals surface area (Å²) in [6.07, 6.45) is 1.83. The molecular formula is C13H22BrN3O3. The summed E-state index contributed by atoms with van der Waals surface area (Å²) in [6, 6.07) is 0. The zero-order valence-electron chi connectivity index (χ0n) is 12.2. The summed E-state index contributed by atoms with van der Waals surface area (Å²) in [5.41, 5.74) is 2.34. The Bertz CT molecular complexity index is 387. The fourth-order valence-corrected chi connectivity index (χ4v) is 2.54. The van der Waals surface area contributed by atoms with E-state index in [9.17, 15) is 4.79 Å². The first-order valence-corrected chi connectivity index (χ1v) is 7.62. The largest absolute Gasteiger partial charge is 0.444 e. The molecule has 0 radical (unpaired) electrons. The fourth-order valence-electron chi connectivity index (χ4n) is 2.15. The van der Waals surface area contributed by atoms with E-state index in [0.29, 0.717) is 13.1 Å². The highest BCUT2D eigenvalue weighted by Gasteiger charge is 2.27. The van der Waals surface area contributed by atoms with Crippen LogP contribution < -0.4 is 5.48 Å². The molecule has 20 heavy (non-hydrogen) atoms. The minimum Gasteiger partial charge on any atom is -0.444 e. The van der Waals surface area contributed by atoms with E-state index >= 15 is 0 Å². The first kappa shape index (κ1) is 15.6. The maximum absolute atomic E-state index is 11.9. The van der Waals surface area contributed by atoms with Gasteiger partial charge in [0.15, 0.2) is 0 Å². The number of amides is 1. The molecule has 0 aromatic rings. The van der Waals surface area contributed by atoms with Crippen LogP contribution in [0.5, 0.6) is 0 Å². The van der Waals surface area contributed by atoms with Gasteiger partial charge in [0, 0.05) is 32.7 Å². The van der Waals surface area contributed by atoms with Crippen LogP contribution in [0, 0.1) is 0 Å². The van der Waals surface area contributed by atoms with Crippen molar-refractivity contribution in [3.8, 4) is 0 Å². The van der Waals surface area contributed by atoms with E-state index in [1.807, 2.05) is 26.8 Å². The highest BCUT2D eigenvalue weighted by Crippen LogP contribution is 2.15. The van der Waals surface area contributed by atoms with Crippen molar-refractivity contribution in [3.63, 3.8) is 0 Å². The lowest BCUT2D eigenvalue weighted by atomic mass is 10.2. The van der Waals surface area contributed by atoms with E-state index in [-0.39, 0.29) is 12.2 Å². The highest BCUT2D eigenvalue weighted by molar-refractivity contribution is 9.11. The van der Waals surface area contributed by atoms with Crippen LogP contribution in [0.4, 0.5) is 4.79 Å². The summed E-state index contributed by atoms with van der Waals surface area (Å²) in [5, 5.41) is 0. The van der Waals surface area contributed by atoms with Crippen LogP contribution in [0.2, 0.25) is 0 Å². The highest BCUT2D eigenvalue weighted by atomic mass is 79.9. The zero-order chi connectivity index (χ0) is 14.8. The fraction of sp³-hybridized carbons (Fsp3) is 0.769. The predicted octanol–water partition coefficient (Wildman–Crippen LogP) is 1.68. The van der Waals surface area contributed by atoms with Crippen molar-refractivity contribution >= 4 is 22.0 Å². The number of piperazine rings is 1. The van der Waals surface area contributed by atoms with E-state index in [2.05, 4.69) is 26.3 Å². The molecule has 1 saturated heterocycles. The molecule has 0 aliphatic carbocycles. The minimum absolute atomic E-state index is 0.0532. The molecule has 1 N–H and O–H groups in total. The molecule has 1 amide bonds. The quantitative estimate of drug-likeness (QED) is 0.770. The van der Waals surface area contributed by atoms with Crippen LogP contribution in [-0.4, -0.2) is 60.3 Å². The predicted molar refractivity (Wildman–Crippen MR) is 79.3 cm³/mol. The standard InChI is InChI=1S/C13H22BrN3O3/c1-13(2,3)19-12(18)17-6-4-16(5-7-17)9-10-8-11(14)15-20-10/h8,10,15H,4-7,9H2,1-3H3. The molecular weight excluding hydrogens is 326 g/mol. The third kappa shape index (κ3) is 4.64. The molecule has 1 atom stereocenters. The van der Waals surface area contributed by atoms with Crippen LogP contribution in [0.25, 0.3) is 0 Å². The molecule has 0 bridgehead atoms. The molecule has 114 valence electrons. The summed E-state index contributed by atoms with van der Waals surface area (Å²) in [5.74, 6) is 0. The Kier molecular flexibility index (Phi) is 4.93. The van der Waals surface area contributed by atoms with Crippen LogP contribution in [0.1, 0.15) is 20.8 Å². The van der Waals surface area contributed by atoms with Crippen LogP contribution in [0.3, 0.4) is 0 Å². The normalized spacial score (nSPS) is 24.3. The first-order valence-electron chi connectivity index (χ1n) is 6.83. The van der Waals surface area contributed by atoms with Crippen LogP contribution in [0.15, 0.2) is 10.7 Å². The molecule has 2 aliphatic rings. The molecule has 0 aromatic heterocycles. The first-order chi connectivity index (χ1) is 9.33. The molecule has 0 aromatic carbocycles. The maximum atomic E-state index is 11.9. The monoisotopic (exact) mass is 347 g/mol.